The highest BCUT2D eigenvalue weighted by atomic mass is 32.2. The SMILES string of the molecule is CCSCCN1CCCC1CNC1CC1. The number of nitrogens with zero attached hydrogens (tertiary/aromatic N) is 1. The minimum atomic E-state index is 0.836. The highest BCUT2D eigenvalue weighted by Crippen LogP contribution is 2.21. The summed E-state index contributed by atoms with van der Waals surface area (Å²) in [5.41, 5.74) is 0. The molecule has 1 aliphatic carbocycles. The second-order valence-corrected chi connectivity index (χ2v) is 6.11. The minimum Gasteiger partial charge on any atom is -0.312 e. The zero-order valence-electron chi connectivity index (χ0n) is 9.87. The van der Waals surface area contributed by atoms with E-state index in [1.54, 1.807) is 0 Å². The van der Waals surface area contributed by atoms with Gasteiger partial charge in [-0.1, -0.05) is 6.92 Å². The molecule has 0 aromatic heterocycles. The number of hydrogen-bond donors (Lipinski definition) is 1. The lowest BCUT2D eigenvalue weighted by atomic mass is 10.2. The summed E-state index contributed by atoms with van der Waals surface area (Å²) in [6, 6.07) is 1.71. The average molecular weight is 228 g/mol. The standard InChI is InChI=1S/C12H24N2S/c1-2-15-9-8-14-7-3-4-12(14)10-13-11-5-6-11/h11-13H,2-10H2,1H3. The van der Waals surface area contributed by atoms with Crippen molar-refractivity contribution in [2.45, 2.75) is 44.7 Å². The fourth-order valence-corrected chi connectivity index (χ4v) is 2.99. The van der Waals surface area contributed by atoms with Gasteiger partial charge in [-0.05, 0) is 38.0 Å². The predicted molar refractivity (Wildman–Crippen MR) is 68.6 cm³/mol. The van der Waals surface area contributed by atoms with Crippen LogP contribution in [-0.4, -0.2) is 48.1 Å². The molecule has 2 rings (SSSR count). The van der Waals surface area contributed by atoms with Crippen LogP contribution in [0.5, 0.6) is 0 Å². The maximum Gasteiger partial charge on any atom is 0.0221 e. The van der Waals surface area contributed by atoms with E-state index in [0.29, 0.717) is 0 Å². The molecular formula is C12H24N2S. The molecule has 1 saturated heterocycles. The number of rotatable bonds is 7. The molecule has 2 fully saturated rings. The smallest absolute Gasteiger partial charge is 0.0221 e. The molecule has 15 heavy (non-hydrogen) atoms. The van der Waals surface area contributed by atoms with Gasteiger partial charge in [-0.25, -0.2) is 0 Å². The third-order valence-electron chi connectivity index (χ3n) is 3.45. The molecule has 1 heterocycles. The van der Waals surface area contributed by atoms with Crippen molar-refractivity contribution < 1.29 is 0 Å². The van der Waals surface area contributed by atoms with Crippen molar-refractivity contribution in [2.75, 3.05) is 31.1 Å². The summed E-state index contributed by atoms with van der Waals surface area (Å²) >= 11 is 2.07. The number of nitrogens with one attached hydrogen (secondary N) is 1. The van der Waals surface area contributed by atoms with Crippen LogP contribution in [0, 0.1) is 0 Å². The number of likely N-dealkylation sites (tertiary alicyclic amines) is 1. The van der Waals surface area contributed by atoms with Crippen molar-refractivity contribution in [2.24, 2.45) is 0 Å². The molecule has 1 saturated carbocycles. The van der Waals surface area contributed by atoms with E-state index >= 15 is 0 Å². The molecule has 0 aromatic carbocycles. The van der Waals surface area contributed by atoms with Gasteiger partial charge in [0.25, 0.3) is 0 Å². The fraction of sp³-hybridized carbons (Fsp3) is 1.00. The Labute approximate surface area is 98.2 Å². The summed E-state index contributed by atoms with van der Waals surface area (Å²) in [4.78, 5) is 2.69. The summed E-state index contributed by atoms with van der Waals surface area (Å²) in [5.74, 6) is 2.58. The zero-order valence-corrected chi connectivity index (χ0v) is 10.7. The third-order valence-corrected chi connectivity index (χ3v) is 4.33. The van der Waals surface area contributed by atoms with E-state index in [1.807, 2.05) is 0 Å². The van der Waals surface area contributed by atoms with Gasteiger partial charge in [-0.3, -0.25) is 4.90 Å². The van der Waals surface area contributed by atoms with Gasteiger partial charge >= 0.3 is 0 Å². The summed E-state index contributed by atoms with van der Waals surface area (Å²) in [6.45, 7) is 6.12. The Morgan fingerprint density at radius 3 is 2.93 bits per heavy atom. The van der Waals surface area contributed by atoms with Crippen LogP contribution in [0.15, 0.2) is 0 Å². The van der Waals surface area contributed by atoms with E-state index in [2.05, 4.69) is 28.9 Å². The Hall–Kier alpha value is 0.270. The molecule has 0 spiro atoms. The summed E-state index contributed by atoms with van der Waals surface area (Å²) in [6.07, 6.45) is 5.65. The van der Waals surface area contributed by atoms with E-state index in [-0.39, 0.29) is 0 Å². The molecule has 0 bridgehead atoms. The van der Waals surface area contributed by atoms with E-state index in [1.165, 1.54) is 56.8 Å². The zero-order chi connectivity index (χ0) is 10.5. The summed E-state index contributed by atoms with van der Waals surface area (Å²) in [7, 11) is 0. The average Bonchev–Trinajstić information content (AvgIpc) is 2.97. The number of hydrogen-bond acceptors (Lipinski definition) is 3. The van der Waals surface area contributed by atoms with Crippen LogP contribution in [-0.2, 0) is 0 Å². The molecule has 88 valence electrons. The lowest BCUT2D eigenvalue weighted by Crippen LogP contribution is -2.39. The van der Waals surface area contributed by atoms with Gasteiger partial charge in [0.2, 0.25) is 0 Å². The lowest BCUT2D eigenvalue weighted by Gasteiger charge is -2.24. The van der Waals surface area contributed by atoms with Gasteiger partial charge in [0.1, 0.15) is 0 Å². The van der Waals surface area contributed by atoms with Crippen molar-refractivity contribution in [1.82, 2.24) is 10.2 Å². The molecule has 3 heteroatoms. The normalized spacial score (nSPS) is 27.4. The Morgan fingerprint density at radius 2 is 2.20 bits per heavy atom. The van der Waals surface area contributed by atoms with Gasteiger partial charge in [0.05, 0.1) is 0 Å². The molecule has 0 amide bonds. The molecular weight excluding hydrogens is 204 g/mol. The highest BCUT2D eigenvalue weighted by Gasteiger charge is 2.27. The molecule has 2 aliphatic rings. The Balaban J connectivity index is 1.62. The second kappa shape index (κ2) is 6.12. The molecule has 1 unspecified atom stereocenters. The molecule has 0 aromatic rings. The molecule has 2 nitrogen and oxygen atoms in total. The van der Waals surface area contributed by atoms with Crippen LogP contribution in [0.2, 0.25) is 0 Å². The third kappa shape index (κ3) is 3.97. The predicted octanol–water partition coefficient (Wildman–Crippen LogP) is 1.96. The first-order valence-electron chi connectivity index (χ1n) is 6.45. The van der Waals surface area contributed by atoms with Crippen molar-refractivity contribution in [3.63, 3.8) is 0 Å². The Morgan fingerprint density at radius 1 is 1.33 bits per heavy atom. The van der Waals surface area contributed by atoms with Gasteiger partial charge in [0, 0.05) is 30.9 Å². The quantitative estimate of drug-likeness (QED) is 0.671. The van der Waals surface area contributed by atoms with Crippen LogP contribution in [0.4, 0.5) is 0 Å². The Kier molecular flexibility index (Phi) is 4.79. The molecule has 1 N–H and O–H groups in total. The van der Waals surface area contributed by atoms with E-state index in [9.17, 15) is 0 Å². The Bertz CT molecular complexity index is 182. The molecule has 0 radical (unpaired) electrons. The monoisotopic (exact) mass is 228 g/mol. The van der Waals surface area contributed by atoms with Crippen molar-refractivity contribution in [3.05, 3.63) is 0 Å². The first-order chi connectivity index (χ1) is 7.40. The second-order valence-electron chi connectivity index (χ2n) is 4.71. The summed E-state index contributed by atoms with van der Waals surface area (Å²) < 4.78 is 0. The van der Waals surface area contributed by atoms with Crippen LogP contribution in [0.1, 0.15) is 32.6 Å². The maximum atomic E-state index is 3.67. The van der Waals surface area contributed by atoms with Crippen molar-refractivity contribution in [1.29, 1.82) is 0 Å². The van der Waals surface area contributed by atoms with E-state index < -0.39 is 0 Å². The first kappa shape index (κ1) is 11.7. The van der Waals surface area contributed by atoms with Crippen LogP contribution in [0.3, 0.4) is 0 Å². The van der Waals surface area contributed by atoms with Crippen molar-refractivity contribution in [3.8, 4) is 0 Å². The maximum absolute atomic E-state index is 3.67. The van der Waals surface area contributed by atoms with E-state index in [4.69, 9.17) is 0 Å². The highest BCUT2D eigenvalue weighted by molar-refractivity contribution is 7.99. The van der Waals surface area contributed by atoms with Gasteiger partial charge < -0.3 is 5.32 Å². The number of thioether (sulfide) groups is 1. The minimum absolute atomic E-state index is 0.836. The van der Waals surface area contributed by atoms with Crippen LogP contribution in [0.25, 0.3) is 0 Å². The fourth-order valence-electron chi connectivity index (χ4n) is 2.34. The molecule has 1 atom stereocenters. The van der Waals surface area contributed by atoms with Gasteiger partial charge in [-0.15, -0.1) is 0 Å². The lowest BCUT2D eigenvalue weighted by molar-refractivity contribution is 0.262. The largest absolute Gasteiger partial charge is 0.312 e. The summed E-state index contributed by atoms with van der Waals surface area (Å²) in [5, 5.41) is 3.67. The molecule has 1 aliphatic heterocycles. The van der Waals surface area contributed by atoms with Gasteiger partial charge in [-0.2, -0.15) is 11.8 Å². The topological polar surface area (TPSA) is 15.3 Å². The van der Waals surface area contributed by atoms with Gasteiger partial charge in [0.15, 0.2) is 0 Å². The van der Waals surface area contributed by atoms with Crippen LogP contribution >= 0.6 is 11.8 Å². The van der Waals surface area contributed by atoms with Crippen LogP contribution < -0.4 is 5.32 Å². The van der Waals surface area contributed by atoms with Crippen molar-refractivity contribution >= 4 is 11.8 Å². The first-order valence-corrected chi connectivity index (χ1v) is 7.61. The van der Waals surface area contributed by atoms with E-state index in [0.717, 1.165) is 12.1 Å².